The molecule has 2 heterocycles. The SMILES string of the molecule is O=C(NCc1ccc2c(c1)OCO2)[C@@]1(Cc2ccccc2)COC(c2ccc(OCCCO)cc2)=N1. The highest BCUT2D eigenvalue weighted by Gasteiger charge is 2.44. The van der Waals surface area contributed by atoms with Gasteiger partial charge in [0.25, 0.3) is 5.91 Å². The fraction of sp³-hybridized carbons (Fsp3) is 0.286. The highest BCUT2D eigenvalue weighted by atomic mass is 16.7. The van der Waals surface area contributed by atoms with Crippen LogP contribution in [0.2, 0.25) is 0 Å². The third-order valence-corrected chi connectivity index (χ3v) is 6.09. The predicted octanol–water partition coefficient (Wildman–Crippen LogP) is 3.25. The molecule has 186 valence electrons. The Labute approximate surface area is 209 Å². The van der Waals surface area contributed by atoms with E-state index in [1.54, 1.807) is 0 Å². The number of benzene rings is 3. The van der Waals surface area contributed by atoms with Crippen LogP contribution in [0.1, 0.15) is 23.1 Å². The second-order valence-electron chi connectivity index (χ2n) is 8.72. The summed E-state index contributed by atoms with van der Waals surface area (Å²) in [6.45, 7) is 1.20. The first-order valence-corrected chi connectivity index (χ1v) is 11.9. The number of nitrogens with zero attached hydrogens (tertiary/aromatic N) is 1. The maximum Gasteiger partial charge on any atom is 0.252 e. The van der Waals surface area contributed by atoms with Gasteiger partial charge in [0.2, 0.25) is 12.7 Å². The Morgan fingerprint density at radius 2 is 1.78 bits per heavy atom. The lowest BCUT2D eigenvalue weighted by Crippen LogP contribution is -2.48. The lowest BCUT2D eigenvalue weighted by Gasteiger charge is -2.23. The maximum absolute atomic E-state index is 13.6. The van der Waals surface area contributed by atoms with Gasteiger partial charge in [-0.3, -0.25) is 4.79 Å². The number of aliphatic hydroxyl groups is 1. The Morgan fingerprint density at radius 3 is 2.58 bits per heavy atom. The molecular formula is C28H28N2O6. The zero-order valence-corrected chi connectivity index (χ0v) is 19.8. The molecule has 0 saturated heterocycles. The van der Waals surface area contributed by atoms with E-state index in [0.717, 1.165) is 16.7 Å². The molecule has 0 bridgehead atoms. The molecule has 8 nitrogen and oxygen atoms in total. The minimum Gasteiger partial charge on any atom is -0.494 e. The van der Waals surface area contributed by atoms with Crippen LogP contribution in [0, 0.1) is 0 Å². The van der Waals surface area contributed by atoms with Gasteiger partial charge in [0, 0.05) is 31.6 Å². The third kappa shape index (κ3) is 5.28. The monoisotopic (exact) mass is 488 g/mol. The van der Waals surface area contributed by atoms with Crippen molar-refractivity contribution < 1.29 is 28.8 Å². The molecule has 0 radical (unpaired) electrons. The number of nitrogens with one attached hydrogen (secondary N) is 1. The number of amides is 1. The summed E-state index contributed by atoms with van der Waals surface area (Å²) in [4.78, 5) is 18.4. The third-order valence-electron chi connectivity index (χ3n) is 6.09. The average Bonchev–Trinajstić information content (AvgIpc) is 3.56. The molecule has 0 aliphatic carbocycles. The average molecular weight is 489 g/mol. The molecular weight excluding hydrogens is 460 g/mol. The van der Waals surface area contributed by atoms with Gasteiger partial charge >= 0.3 is 0 Å². The molecule has 1 atom stereocenters. The quantitative estimate of drug-likeness (QED) is 0.425. The van der Waals surface area contributed by atoms with E-state index in [0.29, 0.717) is 49.1 Å². The van der Waals surface area contributed by atoms with Crippen LogP contribution in [-0.2, 0) is 22.5 Å². The molecule has 0 saturated carbocycles. The molecule has 3 aromatic rings. The van der Waals surface area contributed by atoms with Crippen molar-refractivity contribution >= 4 is 11.8 Å². The topological polar surface area (TPSA) is 98.6 Å². The molecule has 8 heteroatoms. The summed E-state index contributed by atoms with van der Waals surface area (Å²) in [6, 6.07) is 22.8. The smallest absolute Gasteiger partial charge is 0.252 e. The molecule has 2 aliphatic heterocycles. The summed E-state index contributed by atoms with van der Waals surface area (Å²) >= 11 is 0. The van der Waals surface area contributed by atoms with Gasteiger partial charge in [-0.05, 0) is 47.5 Å². The number of fused-ring (bicyclic) bond motifs is 1. The Hall–Kier alpha value is -4.04. The number of ether oxygens (including phenoxy) is 4. The molecule has 2 aliphatic rings. The molecule has 5 rings (SSSR count). The van der Waals surface area contributed by atoms with Crippen molar-refractivity contribution in [3.63, 3.8) is 0 Å². The van der Waals surface area contributed by atoms with Gasteiger partial charge in [0.05, 0.1) is 6.61 Å². The first-order chi connectivity index (χ1) is 17.6. The molecule has 0 unspecified atom stereocenters. The summed E-state index contributed by atoms with van der Waals surface area (Å²) in [6.07, 6.45) is 0.980. The van der Waals surface area contributed by atoms with Gasteiger partial charge in [0.1, 0.15) is 12.4 Å². The van der Waals surface area contributed by atoms with Crippen molar-refractivity contribution in [1.29, 1.82) is 0 Å². The number of hydrogen-bond acceptors (Lipinski definition) is 7. The fourth-order valence-corrected chi connectivity index (χ4v) is 4.16. The van der Waals surface area contributed by atoms with Crippen LogP contribution < -0.4 is 19.5 Å². The van der Waals surface area contributed by atoms with Crippen LogP contribution in [0.25, 0.3) is 0 Å². The van der Waals surface area contributed by atoms with Crippen molar-refractivity contribution in [3.05, 3.63) is 89.5 Å². The summed E-state index contributed by atoms with van der Waals surface area (Å²) in [5, 5.41) is 12.0. The van der Waals surface area contributed by atoms with E-state index in [4.69, 9.17) is 29.0 Å². The van der Waals surface area contributed by atoms with E-state index in [-0.39, 0.29) is 25.9 Å². The summed E-state index contributed by atoms with van der Waals surface area (Å²) in [5.74, 6) is 2.29. The molecule has 3 aromatic carbocycles. The normalized spacial score (nSPS) is 17.9. The Morgan fingerprint density at radius 1 is 0.972 bits per heavy atom. The fourth-order valence-electron chi connectivity index (χ4n) is 4.16. The highest BCUT2D eigenvalue weighted by molar-refractivity contribution is 6.00. The number of aliphatic hydroxyl groups excluding tert-OH is 1. The highest BCUT2D eigenvalue weighted by Crippen LogP contribution is 2.33. The van der Waals surface area contributed by atoms with E-state index < -0.39 is 5.54 Å². The molecule has 1 amide bonds. The molecule has 0 fully saturated rings. The Bertz CT molecular complexity index is 1230. The van der Waals surface area contributed by atoms with Crippen molar-refractivity contribution in [1.82, 2.24) is 5.32 Å². The lowest BCUT2D eigenvalue weighted by molar-refractivity contribution is -0.126. The van der Waals surface area contributed by atoms with E-state index in [1.807, 2.05) is 72.8 Å². The summed E-state index contributed by atoms with van der Waals surface area (Å²) in [7, 11) is 0. The molecule has 0 aromatic heterocycles. The second kappa shape index (κ2) is 10.7. The van der Waals surface area contributed by atoms with Gasteiger partial charge in [-0.25, -0.2) is 4.99 Å². The minimum atomic E-state index is -1.09. The zero-order valence-electron chi connectivity index (χ0n) is 19.8. The molecule has 0 spiro atoms. The van der Waals surface area contributed by atoms with Crippen molar-refractivity contribution in [2.75, 3.05) is 26.6 Å². The van der Waals surface area contributed by atoms with Gasteiger partial charge in [0.15, 0.2) is 17.0 Å². The van der Waals surface area contributed by atoms with Crippen LogP contribution in [-0.4, -0.2) is 49.1 Å². The van der Waals surface area contributed by atoms with Crippen LogP contribution in [0.4, 0.5) is 0 Å². The van der Waals surface area contributed by atoms with E-state index in [2.05, 4.69) is 5.32 Å². The van der Waals surface area contributed by atoms with Crippen LogP contribution in [0.3, 0.4) is 0 Å². The van der Waals surface area contributed by atoms with Gasteiger partial charge in [-0.1, -0.05) is 36.4 Å². The second-order valence-corrected chi connectivity index (χ2v) is 8.72. The van der Waals surface area contributed by atoms with Crippen molar-refractivity contribution in [2.24, 2.45) is 4.99 Å². The van der Waals surface area contributed by atoms with E-state index >= 15 is 0 Å². The lowest BCUT2D eigenvalue weighted by atomic mass is 9.91. The first kappa shape index (κ1) is 23.7. The minimum absolute atomic E-state index is 0.0863. The predicted molar refractivity (Wildman–Crippen MR) is 133 cm³/mol. The number of carbonyl (C=O) groups is 1. The van der Waals surface area contributed by atoms with Crippen LogP contribution in [0.5, 0.6) is 17.2 Å². The maximum atomic E-state index is 13.6. The zero-order chi connectivity index (χ0) is 24.8. The van der Waals surface area contributed by atoms with Gasteiger partial charge < -0.3 is 29.4 Å². The number of rotatable bonds is 10. The van der Waals surface area contributed by atoms with E-state index in [9.17, 15) is 4.79 Å². The number of aliphatic imine (C=N–C) groups is 1. The standard InChI is InChI=1S/C28H28N2O6/c31-13-4-14-33-23-10-8-22(9-11-23)26-30-28(18-34-26,16-20-5-2-1-3-6-20)27(32)29-17-21-7-12-24-25(15-21)36-19-35-24/h1-3,5-12,15,31H,4,13-14,16-19H2,(H,29,32)/t28-/m1/s1. The molecule has 36 heavy (non-hydrogen) atoms. The Kier molecular flexibility index (Phi) is 7.04. The van der Waals surface area contributed by atoms with Crippen molar-refractivity contribution in [3.8, 4) is 17.2 Å². The summed E-state index contributed by atoms with van der Waals surface area (Å²) < 4.78 is 22.4. The summed E-state index contributed by atoms with van der Waals surface area (Å²) in [5.41, 5.74) is 1.57. The number of hydrogen-bond donors (Lipinski definition) is 2. The number of carbonyl (C=O) groups excluding carboxylic acids is 1. The van der Waals surface area contributed by atoms with Crippen LogP contribution >= 0.6 is 0 Å². The Balaban J connectivity index is 1.34. The van der Waals surface area contributed by atoms with Crippen molar-refractivity contribution in [2.45, 2.75) is 24.9 Å². The molecule has 2 N–H and O–H groups in total. The largest absolute Gasteiger partial charge is 0.494 e. The first-order valence-electron chi connectivity index (χ1n) is 11.9. The van der Waals surface area contributed by atoms with Crippen LogP contribution in [0.15, 0.2) is 77.8 Å². The van der Waals surface area contributed by atoms with E-state index in [1.165, 1.54) is 0 Å². The van der Waals surface area contributed by atoms with Gasteiger partial charge in [-0.2, -0.15) is 0 Å². The van der Waals surface area contributed by atoms with Gasteiger partial charge in [-0.15, -0.1) is 0 Å².